The predicted octanol–water partition coefficient (Wildman–Crippen LogP) is 0.774. The van der Waals surface area contributed by atoms with Crippen LogP contribution in [0.1, 0.15) is 19.3 Å². The molecule has 0 amide bonds. The third-order valence-electron chi connectivity index (χ3n) is 3.36. The van der Waals surface area contributed by atoms with Crippen LogP contribution in [-0.4, -0.2) is 41.4 Å². The van der Waals surface area contributed by atoms with Gasteiger partial charge in [0.25, 0.3) is 0 Å². The van der Waals surface area contributed by atoms with Gasteiger partial charge in [0.05, 0.1) is 5.92 Å². The summed E-state index contributed by atoms with van der Waals surface area (Å²) in [5.74, 6) is -2.26. The molecule has 2 aliphatic rings. The first-order valence-corrected chi connectivity index (χ1v) is 6.43. The van der Waals surface area contributed by atoms with Crippen LogP contribution in [0.2, 0.25) is 0 Å². The van der Waals surface area contributed by atoms with Gasteiger partial charge in [-0.25, -0.2) is 8.42 Å². The lowest BCUT2D eigenvalue weighted by Gasteiger charge is -2.23. The van der Waals surface area contributed by atoms with E-state index in [-0.39, 0.29) is 12.8 Å². The summed E-state index contributed by atoms with van der Waals surface area (Å²) >= 11 is 0. The van der Waals surface area contributed by atoms with Crippen LogP contribution in [0.5, 0.6) is 0 Å². The Hall–Kier alpha value is -0.830. The lowest BCUT2D eigenvalue weighted by Crippen LogP contribution is -2.44. The molecule has 0 saturated carbocycles. The second-order valence-corrected chi connectivity index (χ2v) is 6.09. The summed E-state index contributed by atoms with van der Waals surface area (Å²) in [4.78, 5) is 10.8. The smallest absolute Gasteiger partial charge is 0.481 e. The molecule has 0 aromatic rings. The van der Waals surface area contributed by atoms with Crippen LogP contribution in [0.4, 0.5) is 13.2 Å². The second kappa shape index (κ2) is 3.58. The molecule has 98 valence electrons. The average Bonchev–Trinajstić information content (AvgIpc) is 2.71. The first kappa shape index (κ1) is 12.6. The van der Waals surface area contributed by atoms with E-state index in [1.807, 2.05) is 0 Å². The Bertz CT molecular complexity index is 446. The summed E-state index contributed by atoms with van der Waals surface area (Å²) in [6.07, 6.45) is 0.440. The molecule has 2 bridgehead atoms. The highest BCUT2D eigenvalue weighted by atomic mass is 32.2. The minimum atomic E-state index is -5.41. The molecule has 0 aromatic carbocycles. The highest BCUT2D eigenvalue weighted by Crippen LogP contribution is 2.46. The molecule has 0 aromatic heterocycles. The van der Waals surface area contributed by atoms with Crippen molar-refractivity contribution < 1.29 is 31.5 Å². The molecule has 3 unspecified atom stereocenters. The molecule has 9 heteroatoms. The van der Waals surface area contributed by atoms with Crippen molar-refractivity contribution in [1.29, 1.82) is 0 Å². The number of carbonyl (C=O) groups is 1. The van der Waals surface area contributed by atoms with Crippen LogP contribution in [0.15, 0.2) is 0 Å². The maximum absolute atomic E-state index is 12.4. The number of fused-ring (bicyclic) bond motifs is 2. The Labute approximate surface area is 95.3 Å². The lowest BCUT2D eigenvalue weighted by atomic mass is 9.89. The normalized spacial score (nSPS) is 34.2. The number of halogens is 3. The van der Waals surface area contributed by atoms with Gasteiger partial charge in [-0.1, -0.05) is 0 Å². The number of rotatable bonds is 2. The molecule has 1 N–H and O–H groups in total. The van der Waals surface area contributed by atoms with E-state index in [1.165, 1.54) is 0 Å². The number of carboxylic acids is 1. The Balaban J connectivity index is 2.34. The highest BCUT2D eigenvalue weighted by molar-refractivity contribution is 7.90. The predicted molar refractivity (Wildman–Crippen MR) is 49.4 cm³/mol. The molecular weight excluding hydrogens is 263 g/mol. The monoisotopic (exact) mass is 273 g/mol. The number of hydrogen-bond acceptors (Lipinski definition) is 3. The van der Waals surface area contributed by atoms with Crippen molar-refractivity contribution in [3.63, 3.8) is 0 Å². The van der Waals surface area contributed by atoms with Crippen molar-refractivity contribution in [3.05, 3.63) is 0 Å². The number of alkyl halides is 3. The van der Waals surface area contributed by atoms with Gasteiger partial charge in [-0.3, -0.25) is 4.79 Å². The highest BCUT2D eigenvalue weighted by Gasteiger charge is 2.61. The van der Waals surface area contributed by atoms with Crippen LogP contribution >= 0.6 is 0 Å². The van der Waals surface area contributed by atoms with Crippen molar-refractivity contribution in [2.45, 2.75) is 36.9 Å². The number of nitrogens with zero attached hydrogens (tertiary/aromatic N) is 1. The first-order valence-electron chi connectivity index (χ1n) is 4.99. The summed E-state index contributed by atoms with van der Waals surface area (Å²) in [5.41, 5.74) is -5.36. The third-order valence-corrected chi connectivity index (χ3v) is 5.07. The summed E-state index contributed by atoms with van der Waals surface area (Å²) in [7, 11) is -5.41. The molecule has 0 aliphatic carbocycles. The summed E-state index contributed by atoms with van der Waals surface area (Å²) in [6.45, 7) is 0. The molecule has 3 atom stereocenters. The van der Waals surface area contributed by atoms with Crippen LogP contribution in [-0.2, 0) is 14.8 Å². The zero-order valence-electron chi connectivity index (χ0n) is 8.51. The molecule has 2 saturated heterocycles. The first-order chi connectivity index (χ1) is 7.66. The van der Waals surface area contributed by atoms with Gasteiger partial charge in [-0.05, 0) is 19.3 Å². The third kappa shape index (κ3) is 1.71. The Morgan fingerprint density at radius 3 is 2.29 bits per heavy atom. The molecule has 2 aliphatic heterocycles. The minimum absolute atomic E-state index is 0.0324. The van der Waals surface area contributed by atoms with Crippen LogP contribution in [0, 0.1) is 5.92 Å². The van der Waals surface area contributed by atoms with Gasteiger partial charge in [-0.2, -0.15) is 17.5 Å². The van der Waals surface area contributed by atoms with Gasteiger partial charge in [0, 0.05) is 12.1 Å². The average molecular weight is 273 g/mol. The second-order valence-electron chi connectivity index (χ2n) is 4.26. The maximum Gasteiger partial charge on any atom is 0.511 e. The van der Waals surface area contributed by atoms with Crippen LogP contribution in [0.3, 0.4) is 0 Å². The van der Waals surface area contributed by atoms with Crippen LogP contribution < -0.4 is 0 Å². The molecule has 2 rings (SSSR count). The minimum Gasteiger partial charge on any atom is -0.481 e. The molecule has 0 spiro atoms. The fourth-order valence-corrected chi connectivity index (χ4v) is 4.13. The van der Waals surface area contributed by atoms with Gasteiger partial charge in [0.15, 0.2) is 0 Å². The SMILES string of the molecule is O=C(O)C1CC2CCC1N2S(=O)(=O)C(F)(F)F. The van der Waals surface area contributed by atoms with E-state index < -0.39 is 39.5 Å². The molecule has 17 heavy (non-hydrogen) atoms. The zero-order valence-corrected chi connectivity index (χ0v) is 9.33. The molecule has 2 fully saturated rings. The Morgan fingerprint density at radius 1 is 1.29 bits per heavy atom. The lowest BCUT2D eigenvalue weighted by molar-refractivity contribution is -0.142. The van der Waals surface area contributed by atoms with Gasteiger partial charge in [0.1, 0.15) is 0 Å². The van der Waals surface area contributed by atoms with E-state index in [0.717, 1.165) is 0 Å². The van der Waals surface area contributed by atoms with Gasteiger partial charge >= 0.3 is 21.5 Å². The molecular formula is C8H10F3NO4S. The summed E-state index contributed by atoms with van der Waals surface area (Å²) in [6, 6.07) is -1.88. The van der Waals surface area contributed by atoms with Crippen molar-refractivity contribution in [2.24, 2.45) is 5.92 Å². The summed E-state index contributed by atoms with van der Waals surface area (Å²) < 4.78 is 60.2. The van der Waals surface area contributed by atoms with Crippen molar-refractivity contribution >= 4 is 16.0 Å². The van der Waals surface area contributed by atoms with E-state index in [9.17, 15) is 26.4 Å². The number of hydrogen-bond donors (Lipinski definition) is 1. The fraction of sp³-hybridized carbons (Fsp3) is 0.875. The number of sulfonamides is 1. The van der Waals surface area contributed by atoms with Gasteiger partial charge < -0.3 is 5.11 Å². The van der Waals surface area contributed by atoms with E-state index in [0.29, 0.717) is 10.7 Å². The molecule has 5 nitrogen and oxygen atoms in total. The standard InChI is InChI=1S/C8H10F3NO4S/c9-8(10,11)17(15,16)12-4-1-2-6(12)5(3-4)7(13)14/h4-6H,1-3H2,(H,13,14). The van der Waals surface area contributed by atoms with Crippen LogP contribution in [0.25, 0.3) is 0 Å². The largest absolute Gasteiger partial charge is 0.511 e. The van der Waals surface area contributed by atoms with Gasteiger partial charge in [-0.15, -0.1) is 0 Å². The van der Waals surface area contributed by atoms with Crippen molar-refractivity contribution in [1.82, 2.24) is 4.31 Å². The van der Waals surface area contributed by atoms with Gasteiger partial charge in [0.2, 0.25) is 0 Å². The van der Waals surface area contributed by atoms with E-state index >= 15 is 0 Å². The van der Waals surface area contributed by atoms with Crippen molar-refractivity contribution in [3.8, 4) is 0 Å². The topological polar surface area (TPSA) is 74.7 Å². The zero-order chi connectivity index (χ0) is 13.0. The molecule has 2 heterocycles. The van der Waals surface area contributed by atoms with E-state index in [4.69, 9.17) is 5.11 Å². The number of aliphatic carboxylic acids is 1. The Kier molecular flexibility index (Phi) is 2.66. The quantitative estimate of drug-likeness (QED) is 0.806. The van der Waals surface area contributed by atoms with E-state index in [2.05, 4.69) is 0 Å². The maximum atomic E-state index is 12.4. The fourth-order valence-electron chi connectivity index (χ4n) is 2.70. The molecule has 0 radical (unpaired) electrons. The Morgan fingerprint density at radius 2 is 1.88 bits per heavy atom. The van der Waals surface area contributed by atoms with Crippen molar-refractivity contribution in [2.75, 3.05) is 0 Å². The number of carboxylic acid groups (broad SMARTS) is 1. The summed E-state index contributed by atoms with van der Waals surface area (Å²) in [5, 5.41) is 8.82. The van der Waals surface area contributed by atoms with E-state index in [1.54, 1.807) is 0 Å².